The summed E-state index contributed by atoms with van der Waals surface area (Å²) >= 11 is 0. The molecular weight excluding hydrogens is 645 g/mol. The van der Waals surface area contributed by atoms with Crippen molar-refractivity contribution in [3.8, 4) is 61.8 Å². The zero-order valence-corrected chi connectivity index (χ0v) is 28.8. The van der Waals surface area contributed by atoms with Gasteiger partial charge in [0.25, 0.3) is 0 Å². The van der Waals surface area contributed by atoms with Crippen molar-refractivity contribution < 1.29 is 0 Å². The fraction of sp³-hybridized carbons (Fsp3) is 0. The van der Waals surface area contributed by atoms with Gasteiger partial charge in [-0.2, -0.15) is 0 Å². The van der Waals surface area contributed by atoms with Crippen LogP contribution in [0.15, 0.2) is 194 Å². The Balaban J connectivity index is 1.16. The molecule has 4 nitrogen and oxygen atoms in total. The van der Waals surface area contributed by atoms with E-state index in [-0.39, 0.29) is 0 Å². The Hall–Kier alpha value is -7.17. The van der Waals surface area contributed by atoms with Crippen molar-refractivity contribution in [1.29, 1.82) is 0 Å². The van der Waals surface area contributed by atoms with Crippen molar-refractivity contribution in [2.45, 2.75) is 0 Å². The third-order valence-corrected chi connectivity index (χ3v) is 10.1. The molecule has 4 heteroatoms. The maximum absolute atomic E-state index is 5.37. The van der Waals surface area contributed by atoms with E-state index in [4.69, 9.17) is 9.97 Å². The van der Waals surface area contributed by atoms with Crippen molar-refractivity contribution in [2.75, 3.05) is 0 Å². The van der Waals surface area contributed by atoms with Gasteiger partial charge < -0.3 is 4.57 Å². The summed E-state index contributed by atoms with van der Waals surface area (Å²) in [5, 5.41) is 3.55. The Morgan fingerprint density at radius 2 is 0.962 bits per heavy atom. The molecule has 0 bridgehead atoms. The number of rotatable bonds is 6. The van der Waals surface area contributed by atoms with E-state index >= 15 is 0 Å². The Morgan fingerprint density at radius 3 is 1.72 bits per heavy atom. The zero-order valence-electron chi connectivity index (χ0n) is 28.8. The summed E-state index contributed by atoms with van der Waals surface area (Å²) in [5.74, 6) is 0. The van der Waals surface area contributed by atoms with E-state index < -0.39 is 0 Å². The molecule has 0 aliphatic carbocycles. The summed E-state index contributed by atoms with van der Waals surface area (Å²) in [5.41, 5.74) is 14.6. The average Bonchev–Trinajstić information content (AvgIpc) is 3.60. The van der Waals surface area contributed by atoms with E-state index in [1.807, 2.05) is 30.5 Å². The lowest BCUT2D eigenvalue weighted by Gasteiger charge is -2.14. The van der Waals surface area contributed by atoms with E-state index in [1.165, 1.54) is 21.9 Å². The third-order valence-electron chi connectivity index (χ3n) is 10.1. The van der Waals surface area contributed by atoms with Crippen LogP contribution < -0.4 is 0 Å². The van der Waals surface area contributed by atoms with Gasteiger partial charge in [-0.3, -0.25) is 4.98 Å². The average molecular weight is 677 g/mol. The van der Waals surface area contributed by atoms with Crippen molar-refractivity contribution in [2.24, 2.45) is 0 Å². The highest BCUT2D eigenvalue weighted by Crippen LogP contribution is 2.41. The van der Waals surface area contributed by atoms with Crippen molar-refractivity contribution in [3.63, 3.8) is 0 Å². The zero-order chi connectivity index (χ0) is 35.1. The van der Waals surface area contributed by atoms with Gasteiger partial charge in [0.05, 0.1) is 39.3 Å². The molecule has 10 rings (SSSR count). The lowest BCUT2D eigenvalue weighted by Crippen LogP contribution is -1.98. The first-order chi connectivity index (χ1) is 26.3. The van der Waals surface area contributed by atoms with Gasteiger partial charge in [0.15, 0.2) is 0 Å². The second-order valence-corrected chi connectivity index (χ2v) is 13.3. The van der Waals surface area contributed by atoms with Gasteiger partial charge in [-0.15, -0.1) is 0 Å². The van der Waals surface area contributed by atoms with Gasteiger partial charge in [-0.25, -0.2) is 9.97 Å². The van der Waals surface area contributed by atoms with Gasteiger partial charge in [0, 0.05) is 39.2 Å². The second-order valence-electron chi connectivity index (χ2n) is 13.3. The predicted molar refractivity (Wildman–Crippen MR) is 219 cm³/mol. The van der Waals surface area contributed by atoms with E-state index in [2.05, 4.69) is 173 Å². The molecule has 0 atom stereocenters. The first-order valence-electron chi connectivity index (χ1n) is 17.9. The van der Waals surface area contributed by atoms with Crippen LogP contribution in [0, 0.1) is 0 Å². The topological polar surface area (TPSA) is 43.6 Å². The quantitative estimate of drug-likeness (QED) is 0.176. The molecule has 0 saturated carbocycles. The van der Waals surface area contributed by atoms with Crippen molar-refractivity contribution >= 4 is 32.7 Å². The number of hydrogen-bond donors (Lipinski definition) is 0. The third kappa shape index (κ3) is 5.45. The smallest absolute Gasteiger partial charge is 0.0956 e. The highest BCUT2D eigenvalue weighted by molar-refractivity contribution is 6.23. The Kier molecular flexibility index (Phi) is 7.43. The Morgan fingerprint density at radius 1 is 0.377 bits per heavy atom. The van der Waals surface area contributed by atoms with Gasteiger partial charge in [0.1, 0.15) is 0 Å². The van der Waals surface area contributed by atoms with Crippen LogP contribution in [-0.4, -0.2) is 19.5 Å². The lowest BCUT2D eigenvalue weighted by molar-refractivity contribution is 1.17. The van der Waals surface area contributed by atoms with Crippen LogP contribution in [0.1, 0.15) is 0 Å². The molecule has 53 heavy (non-hydrogen) atoms. The van der Waals surface area contributed by atoms with E-state index in [0.29, 0.717) is 0 Å². The van der Waals surface area contributed by atoms with Crippen LogP contribution in [0.2, 0.25) is 0 Å². The van der Waals surface area contributed by atoms with Gasteiger partial charge >= 0.3 is 0 Å². The normalized spacial score (nSPS) is 11.4. The molecule has 10 aromatic rings. The van der Waals surface area contributed by atoms with Gasteiger partial charge in [0.2, 0.25) is 0 Å². The minimum absolute atomic E-state index is 0.842. The number of nitrogens with zero attached hydrogens (tertiary/aromatic N) is 4. The molecule has 0 spiro atoms. The molecule has 0 amide bonds. The Bertz CT molecular complexity index is 2840. The summed E-state index contributed by atoms with van der Waals surface area (Å²) in [6, 6.07) is 66.0. The monoisotopic (exact) mass is 676 g/mol. The number of pyridine rings is 3. The van der Waals surface area contributed by atoms with Crippen LogP contribution in [-0.2, 0) is 0 Å². The summed E-state index contributed by atoms with van der Waals surface area (Å²) in [4.78, 5) is 15.0. The largest absolute Gasteiger partial charge is 0.307 e. The molecule has 0 aliphatic rings. The molecule has 0 unspecified atom stereocenters. The standard InChI is InChI=1S/C49H32N4/c1-3-13-33(14-4-1)34-22-24-37(25-23-34)48-49-47(40-17-7-9-19-42(40)52-48)41-18-8-10-21-46(41)53(49)39-28-26-35(27-29-39)38-31-44(36-15-5-2-6-16-36)51-45(32-38)43-20-11-12-30-50-43/h1-32H. The van der Waals surface area contributed by atoms with Gasteiger partial charge in [-0.1, -0.05) is 140 Å². The molecule has 6 aromatic carbocycles. The maximum atomic E-state index is 5.37. The molecule has 0 N–H and O–H groups in total. The summed E-state index contributed by atoms with van der Waals surface area (Å²) in [7, 11) is 0. The first-order valence-corrected chi connectivity index (χ1v) is 17.9. The lowest BCUT2D eigenvalue weighted by atomic mass is 10.00. The van der Waals surface area contributed by atoms with Crippen LogP contribution in [0.3, 0.4) is 0 Å². The highest BCUT2D eigenvalue weighted by atomic mass is 15.0. The molecule has 0 saturated heterocycles. The molecular formula is C49H32N4. The fourth-order valence-corrected chi connectivity index (χ4v) is 7.52. The number of aromatic nitrogens is 4. The van der Waals surface area contributed by atoms with E-state index in [9.17, 15) is 0 Å². The predicted octanol–water partition coefficient (Wildman–Crippen LogP) is 12.5. The summed E-state index contributed by atoms with van der Waals surface area (Å²) in [6.45, 7) is 0. The van der Waals surface area contributed by atoms with Crippen molar-refractivity contribution in [1.82, 2.24) is 19.5 Å². The SMILES string of the molecule is c1ccc(-c2ccc(-c3nc4ccccc4c4c5ccccc5n(-c5ccc(-c6cc(-c7ccccc7)nc(-c7ccccn7)c6)cc5)c34)cc2)cc1. The van der Waals surface area contributed by atoms with E-state index in [1.54, 1.807) is 0 Å². The number of fused-ring (bicyclic) bond motifs is 5. The molecule has 4 aromatic heterocycles. The minimum atomic E-state index is 0.842. The fourth-order valence-electron chi connectivity index (χ4n) is 7.52. The summed E-state index contributed by atoms with van der Waals surface area (Å²) in [6.07, 6.45) is 1.82. The number of benzene rings is 6. The number of hydrogen-bond acceptors (Lipinski definition) is 3. The summed E-state index contributed by atoms with van der Waals surface area (Å²) < 4.78 is 2.38. The molecule has 0 fully saturated rings. The molecule has 0 radical (unpaired) electrons. The molecule has 248 valence electrons. The van der Waals surface area contributed by atoms with Crippen LogP contribution >= 0.6 is 0 Å². The molecule has 0 aliphatic heterocycles. The minimum Gasteiger partial charge on any atom is -0.307 e. The van der Waals surface area contributed by atoms with Crippen LogP contribution in [0.4, 0.5) is 0 Å². The molecule has 4 heterocycles. The highest BCUT2D eigenvalue weighted by Gasteiger charge is 2.21. The number of para-hydroxylation sites is 2. The Labute approximate surface area is 307 Å². The van der Waals surface area contributed by atoms with Crippen LogP contribution in [0.25, 0.3) is 94.6 Å². The van der Waals surface area contributed by atoms with Crippen molar-refractivity contribution in [3.05, 3.63) is 194 Å². The van der Waals surface area contributed by atoms with E-state index in [0.717, 1.165) is 72.7 Å². The maximum Gasteiger partial charge on any atom is 0.0956 e. The van der Waals surface area contributed by atoms with Crippen LogP contribution in [0.5, 0.6) is 0 Å². The first kappa shape index (κ1) is 30.6. The van der Waals surface area contributed by atoms with Gasteiger partial charge in [-0.05, 0) is 70.8 Å². The second kappa shape index (κ2) is 12.9.